The van der Waals surface area contributed by atoms with E-state index in [1.165, 1.54) is 6.07 Å². The minimum Gasteiger partial charge on any atom is -0.507 e. The molecule has 10 heteroatoms. The Hall–Kier alpha value is -2.98. The van der Waals surface area contributed by atoms with Gasteiger partial charge in [0, 0.05) is 48.4 Å². The lowest BCUT2D eigenvalue weighted by Crippen LogP contribution is -2.43. The molecule has 0 saturated carbocycles. The molecule has 1 aromatic carbocycles. The molecule has 0 radical (unpaired) electrons. The maximum atomic E-state index is 12.9. The van der Waals surface area contributed by atoms with Crippen molar-refractivity contribution in [2.45, 2.75) is 12.3 Å². The highest BCUT2D eigenvalue weighted by atomic mass is 19.4. The first-order valence-corrected chi connectivity index (χ1v) is 9.38. The van der Waals surface area contributed by atoms with Crippen molar-refractivity contribution in [3.63, 3.8) is 0 Å². The van der Waals surface area contributed by atoms with Gasteiger partial charge in [-0.15, -0.1) is 10.2 Å². The molecule has 1 fully saturated rings. The number of fused-ring (bicyclic) bond motifs is 1. The van der Waals surface area contributed by atoms with Gasteiger partial charge < -0.3 is 20.1 Å². The van der Waals surface area contributed by atoms with E-state index in [0.717, 1.165) is 19.2 Å². The number of ether oxygens (including phenoxy) is 1. The third kappa shape index (κ3) is 4.14. The highest BCUT2D eigenvalue weighted by Gasteiger charge is 2.31. The van der Waals surface area contributed by atoms with Crippen LogP contribution in [0.15, 0.2) is 36.7 Å². The normalized spacial score (nSPS) is 17.9. The Balaban J connectivity index is 1.66. The molecule has 0 amide bonds. The van der Waals surface area contributed by atoms with Gasteiger partial charge in [0.2, 0.25) is 0 Å². The summed E-state index contributed by atoms with van der Waals surface area (Å²) in [5.74, 6) is -0.0262. The number of halogens is 3. The van der Waals surface area contributed by atoms with Crippen molar-refractivity contribution in [1.82, 2.24) is 20.1 Å². The van der Waals surface area contributed by atoms with Crippen molar-refractivity contribution in [2.75, 3.05) is 38.6 Å². The third-order valence-electron chi connectivity index (χ3n) is 5.00. The zero-order chi connectivity index (χ0) is 21.3. The summed E-state index contributed by atoms with van der Waals surface area (Å²) in [5.41, 5.74) is -0.494. The second-order valence-electron chi connectivity index (χ2n) is 7.18. The molecule has 3 heterocycles. The number of phenols is 1. The van der Waals surface area contributed by atoms with E-state index in [9.17, 15) is 18.3 Å². The van der Waals surface area contributed by atoms with Gasteiger partial charge in [0.05, 0.1) is 18.3 Å². The molecule has 0 bridgehead atoms. The van der Waals surface area contributed by atoms with Gasteiger partial charge >= 0.3 is 6.18 Å². The number of phenolic OH excluding ortho intramolecular Hbond substituents is 1. The highest BCUT2D eigenvalue weighted by Crippen LogP contribution is 2.38. The number of anilines is 1. The largest absolute Gasteiger partial charge is 0.507 e. The lowest BCUT2D eigenvalue weighted by molar-refractivity contribution is -0.137. The molecule has 3 aromatic rings. The zero-order valence-corrected chi connectivity index (χ0v) is 16.1. The summed E-state index contributed by atoms with van der Waals surface area (Å²) >= 11 is 0. The SMILES string of the molecule is CN1CCO[C@H](CNc2nnc(-c3ccc(C(F)(F)F)cc3O)c3ccncc23)C1. The first kappa shape index (κ1) is 20.3. The fraction of sp³-hybridized carbons (Fsp3) is 0.350. The van der Waals surface area contributed by atoms with Gasteiger partial charge in [-0.05, 0) is 31.3 Å². The van der Waals surface area contributed by atoms with E-state index in [-0.39, 0.29) is 17.4 Å². The summed E-state index contributed by atoms with van der Waals surface area (Å²) < 4.78 is 44.4. The molecule has 0 spiro atoms. The van der Waals surface area contributed by atoms with Crippen LogP contribution in [0.2, 0.25) is 0 Å². The van der Waals surface area contributed by atoms with E-state index in [1.807, 2.05) is 7.05 Å². The summed E-state index contributed by atoms with van der Waals surface area (Å²) in [6.07, 6.45) is -1.39. The minimum atomic E-state index is -4.54. The highest BCUT2D eigenvalue weighted by molar-refractivity contribution is 6.00. The van der Waals surface area contributed by atoms with Crippen molar-refractivity contribution in [1.29, 1.82) is 0 Å². The molecular formula is C20H20F3N5O2. The van der Waals surface area contributed by atoms with Gasteiger partial charge in [-0.3, -0.25) is 4.98 Å². The monoisotopic (exact) mass is 419 g/mol. The van der Waals surface area contributed by atoms with Crippen LogP contribution < -0.4 is 5.32 Å². The number of nitrogens with zero attached hydrogens (tertiary/aromatic N) is 4. The predicted molar refractivity (Wildman–Crippen MR) is 105 cm³/mol. The number of alkyl halides is 3. The summed E-state index contributed by atoms with van der Waals surface area (Å²) in [6, 6.07) is 4.48. The van der Waals surface area contributed by atoms with E-state index in [0.29, 0.717) is 35.8 Å². The van der Waals surface area contributed by atoms with Crippen LogP contribution in [-0.4, -0.2) is 64.6 Å². The number of nitrogens with one attached hydrogen (secondary N) is 1. The van der Waals surface area contributed by atoms with Gasteiger partial charge in [-0.2, -0.15) is 13.2 Å². The van der Waals surface area contributed by atoms with Crippen molar-refractivity contribution >= 4 is 16.6 Å². The molecule has 0 aliphatic carbocycles. The Morgan fingerprint density at radius 3 is 2.80 bits per heavy atom. The first-order chi connectivity index (χ1) is 14.3. The molecule has 2 N–H and O–H groups in total. The molecule has 1 aliphatic rings. The fourth-order valence-corrected chi connectivity index (χ4v) is 3.44. The Morgan fingerprint density at radius 2 is 2.07 bits per heavy atom. The zero-order valence-electron chi connectivity index (χ0n) is 16.1. The van der Waals surface area contributed by atoms with Crippen molar-refractivity contribution < 1.29 is 23.0 Å². The van der Waals surface area contributed by atoms with E-state index in [2.05, 4.69) is 25.4 Å². The van der Waals surface area contributed by atoms with Gasteiger partial charge in [-0.25, -0.2) is 0 Å². The number of morpholine rings is 1. The smallest absolute Gasteiger partial charge is 0.416 e. The van der Waals surface area contributed by atoms with Gasteiger partial charge in [0.1, 0.15) is 11.4 Å². The van der Waals surface area contributed by atoms with Crippen LogP contribution >= 0.6 is 0 Å². The summed E-state index contributed by atoms with van der Waals surface area (Å²) in [5, 5.41) is 23.1. The number of aromatic hydroxyl groups is 1. The molecule has 2 aromatic heterocycles. The van der Waals surface area contributed by atoms with Crippen molar-refractivity contribution in [2.24, 2.45) is 0 Å². The van der Waals surface area contributed by atoms with Gasteiger partial charge in [-0.1, -0.05) is 0 Å². The first-order valence-electron chi connectivity index (χ1n) is 9.38. The number of aromatic nitrogens is 3. The van der Waals surface area contributed by atoms with Crippen LogP contribution in [0, 0.1) is 0 Å². The quantitative estimate of drug-likeness (QED) is 0.672. The standard InChI is InChI=1S/C20H20F3N5O2/c1-28-6-7-30-13(11-28)9-25-19-16-10-24-5-4-14(16)18(26-27-19)15-3-2-12(8-17(15)29)20(21,22)23/h2-5,8,10,13,29H,6-7,9,11H2,1H3,(H,25,27)/t13-/m1/s1. The molecule has 4 rings (SSSR count). The van der Waals surface area contributed by atoms with Crippen LogP contribution in [0.25, 0.3) is 22.0 Å². The maximum Gasteiger partial charge on any atom is 0.416 e. The number of rotatable bonds is 4. The lowest BCUT2D eigenvalue weighted by atomic mass is 10.0. The van der Waals surface area contributed by atoms with Crippen LogP contribution in [0.3, 0.4) is 0 Å². The predicted octanol–water partition coefficient (Wildman–Crippen LogP) is 3.16. The molecule has 0 unspecified atom stereocenters. The van der Waals surface area contributed by atoms with E-state index in [1.54, 1.807) is 18.5 Å². The van der Waals surface area contributed by atoms with E-state index in [4.69, 9.17) is 4.74 Å². The van der Waals surface area contributed by atoms with Crippen LogP contribution in [0.4, 0.5) is 19.0 Å². The number of pyridine rings is 1. The molecule has 158 valence electrons. The summed E-state index contributed by atoms with van der Waals surface area (Å²) in [7, 11) is 2.03. The molecule has 1 atom stereocenters. The molecule has 30 heavy (non-hydrogen) atoms. The summed E-state index contributed by atoms with van der Waals surface area (Å²) in [6.45, 7) is 2.85. The maximum absolute atomic E-state index is 12.9. The van der Waals surface area contributed by atoms with Crippen molar-refractivity contribution in [3.8, 4) is 17.0 Å². The van der Waals surface area contributed by atoms with Crippen LogP contribution in [0.5, 0.6) is 5.75 Å². The fourth-order valence-electron chi connectivity index (χ4n) is 3.44. The molecule has 1 saturated heterocycles. The van der Waals surface area contributed by atoms with E-state index < -0.39 is 17.5 Å². The number of hydrogen-bond acceptors (Lipinski definition) is 7. The average molecular weight is 419 g/mol. The molecule has 7 nitrogen and oxygen atoms in total. The minimum absolute atomic E-state index is 0.00379. The number of benzene rings is 1. The lowest BCUT2D eigenvalue weighted by Gasteiger charge is -2.30. The average Bonchev–Trinajstić information content (AvgIpc) is 2.71. The van der Waals surface area contributed by atoms with Crippen LogP contribution in [0.1, 0.15) is 5.56 Å². The van der Waals surface area contributed by atoms with Crippen LogP contribution in [-0.2, 0) is 10.9 Å². The Kier molecular flexibility index (Phi) is 5.44. The third-order valence-corrected chi connectivity index (χ3v) is 5.00. The molecular weight excluding hydrogens is 399 g/mol. The molecule has 1 aliphatic heterocycles. The topological polar surface area (TPSA) is 83.4 Å². The van der Waals surface area contributed by atoms with Crippen molar-refractivity contribution in [3.05, 3.63) is 42.2 Å². The Bertz CT molecular complexity index is 1060. The van der Waals surface area contributed by atoms with E-state index >= 15 is 0 Å². The second-order valence-corrected chi connectivity index (χ2v) is 7.18. The number of likely N-dealkylation sites (N-methyl/N-ethyl adjacent to an activating group) is 1. The van der Waals surface area contributed by atoms with Gasteiger partial charge in [0.25, 0.3) is 0 Å². The Morgan fingerprint density at radius 1 is 1.23 bits per heavy atom. The summed E-state index contributed by atoms with van der Waals surface area (Å²) in [4.78, 5) is 6.30. The van der Waals surface area contributed by atoms with Gasteiger partial charge in [0.15, 0.2) is 5.82 Å². The second kappa shape index (κ2) is 8.04. The number of hydrogen-bond donors (Lipinski definition) is 2. The Labute approximate surface area is 170 Å².